The first-order valence-electron chi connectivity index (χ1n) is 5.31. The van der Waals surface area contributed by atoms with Crippen molar-refractivity contribution in [1.82, 2.24) is 4.98 Å². The number of rotatable bonds is 2. The number of benzene rings is 1. The Kier molecular flexibility index (Phi) is 3.20. The Morgan fingerprint density at radius 1 is 1.18 bits per heavy atom. The van der Waals surface area contributed by atoms with Crippen LogP contribution in [0.5, 0.6) is 0 Å². The Morgan fingerprint density at radius 3 is 2.59 bits per heavy atom. The van der Waals surface area contributed by atoms with Crippen LogP contribution in [-0.4, -0.2) is 4.98 Å². The highest BCUT2D eigenvalue weighted by molar-refractivity contribution is 6.33. The SMILES string of the molecule is Cc1ccc(Nc2ncc(N)cc2Cl)cc1C. The van der Waals surface area contributed by atoms with E-state index >= 15 is 0 Å². The molecular formula is C13H14ClN3. The summed E-state index contributed by atoms with van der Waals surface area (Å²) < 4.78 is 0. The van der Waals surface area contributed by atoms with Crippen LogP contribution in [0.2, 0.25) is 5.02 Å². The molecule has 2 rings (SSSR count). The molecule has 0 aliphatic carbocycles. The molecule has 3 N–H and O–H groups in total. The number of nitrogens with one attached hydrogen (secondary N) is 1. The fourth-order valence-electron chi connectivity index (χ4n) is 1.50. The zero-order chi connectivity index (χ0) is 12.4. The number of anilines is 3. The van der Waals surface area contributed by atoms with Crippen LogP contribution in [0.3, 0.4) is 0 Å². The van der Waals surface area contributed by atoms with Crippen LogP contribution in [0.1, 0.15) is 11.1 Å². The maximum Gasteiger partial charge on any atom is 0.149 e. The van der Waals surface area contributed by atoms with Crippen molar-refractivity contribution >= 4 is 28.8 Å². The predicted octanol–water partition coefficient (Wildman–Crippen LogP) is 3.68. The minimum absolute atomic E-state index is 0.517. The third-order valence-corrected chi connectivity index (χ3v) is 2.92. The van der Waals surface area contributed by atoms with Crippen molar-refractivity contribution in [3.63, 3.8) is 0 Å². The molecule has 0 saturated carbocycles. The van der Waals surface area contributed by atoms with E-state index in [-0.39, 0.29) is 0 Å². The standard InChI is InChI=1S/C13H14ClN3/c1-8-3-4-11(5-9(8)2)17-13-12(14)6-10(15)7-16-13/h3-7H,15H2,1-2H3,(H,16,17). The van der Waals surface area contributed by atoms with E-state index < -0.39 is 0 Å². The highest BCUT2D eigenvalue weighted by Crippen LogP contribution is 2.25. The van der Waals surface area contributed by atoms with Gasteiger partial charge in [-0.15, -0.1) is 0 Å². The third-order valence-electron chi connectivity index (χ3n) is 2.63. The van der Waals surface area contributed by atoms with Crippen LogP contribution in [0, 0.1) is 13.8 Å². The third kappa shape index (κ3) is 2.68. The molecular weight excluding hydrogens is 234 g/mol. The number of halogens is 1. The van der Waals surface area contributed by atoms with E-state index in [1.165, 1.54) is 11.1 Å². The first kappa shape index (κ1) is 11.7. The highest BCUT2D eigenvalue weighted by atomic mass is 35.5. The largest absolute Gasteiger partial charge is 0.397 e. The molecule has 0 unspecified atom stereocenters. The summed E-state index contributed by atoms with van der Waals surface area (Å²) in [6.45, 7) is 4.14. The van der Waals surface area contributed by atoms with Crippen molar-refractivity contribution in [3.8, 4) is 0 Å². The smallest absolute Gasteiger partial charge is 0.149 e. The number of nitrogens with two attached hydrogens (primary N) is 1. The van der Waals surface area contributed by atoms with E-state index in [4.69, 9.17) is 17.3 Å². The van der Waals surface area contributed by atoms with Gasteiger partial charge in [-0.25, -0.2) is 4.98 Å². The Hall–Kier alpha value is -1.74. The highest BCUT2D eigenvalue weighted by Gasteiger charge is 2.03. The van der Waals surface area contributed by atoms with E-state index in [2.05, 4.69) is 36.3 Å². The van der Waals surface area contributed by atoms with Gasteiger partial charge in [-0.05, 0) is 43.2 Å². The topological polar surface area (TPSA) is 50.9 Å². The molecule has 88 valence electrons. The first-order valence-corrected chi connectivity index (χ1v) is 5.69. The Labute approximate surface area is 106 Å². The molecule has 0 radical (unpaired) electrons. The van der Waals surface area contributed by atoms with Gasteiger partial charge >= 0.3 is 0 Å². The number of aromatic nitrogens is 1. The van der Waals surface area contributed by atoms with Gasteiger partial charge in [0.05, 0.1) is 16.9 Å². The predicted molar refractivity (Wildman–Crippen MR) is 72.9 cm³/mol. The van der Waals surface area contributed by atoms with Crippen LogP contribution >= 0.6 is 11.6 Å². The summed E-state index contributed by atoms with van der Waals surface area (Å²) in [5.74, 6) is 0.615. The zero-order valence-corrected chi connectivity index (χ0v) is 10.5. The summed E-state index contributed by atoms with van der Waals surface area (Å²) in [5, 5.41) is 3.69. The lowest BCUT2D eigenvalue weighted by atomic mass is 10.1. The molecule has 0 spiro atoms. The number of nitrogens with zero attached hydrogens (tertiary/aromatic N) is 1. The van der Waals surface area contributed by atoms with Crippen molar-refractivity contribution in [3.05, 3.63) is 46.6 Å². The van der Waals surface area contributed by atoms with Gasteiger partial charge in [0, 0.05) is 5.69 Å². The normalized spacial score (nSPS) is 10.3. The van der Waals surface area contributed by atoms with Gasteiger partial charge in [0.15, 0.2) is 0 Å². The second-order valence-corrected chi connectivity index (χ2v) is 4.43. The number of hydrogen-bond donors (Lipinski definition) is 2. The lowest BCUT2D eigenvalue weighted by Crippen LogP contribution is -1.97. The quantitative estimate of drug-likeness (QED) is 0.851. The Morgan fingerprint density at radius 2 is 1.94 bits per heavy atom. The summed E-state index contributed by atoms with van der Waals surface area (Å²) in [7, 11) is 0. The van der Waals surface area contributed by atoms with Crippen LogP contribution in [0.15, 0.2) is 30.5 Å². The van der Waals surface area contributed by atoms with Gasteiger partial charge in [0.2, 0.25) is 0 Å². The second-order valence-electron chi connectivity index (χ2n) is 4.02. The van der Waals surface area contributed by atoms with Gasteiger partial charge < -0.3 is 11.1 Å². The molecule has 3 nitrogen and oxygen atoms in total. The molecule has 0 bridgehead atoms. The van der Waals surface area contributed by atoms with Gasteiger partial charge in [-0.2, -0.15) is 0 Å². The molecule has 0 amide bonds. The molecule has 0 fully saturated rings. The van der Waals surface area contributed by atoms with Crippen molar-refractivity contribution in [1.29, 1.82) is 0 Å². The minimum Gasteiger partial charge on any atom is -0.397 e. The summed E-state index contributed by atoms with van der Waals surface area (Å²) in [6, 6.07) is 7.79. The average molecular weight is 248 g/mol. The second kappa shape index (κ2) is 4.63. The number of pyridine rings is 1. The van der Waals surface area contributed by atoms with Crippen molar-refractivity contribution in [2.24, 2.45) is 0 Å². The van der Waals surface area contributed by atoms with E-state index in [1.807, 2.05) is 6.07 Å². The van der Waals surface area contributed by atoms with Crippen molar-refractivity contribution in [2.75, 3.05) is 11.1 Å². The van der Waals surface area contributed by atoms with E-state index in [0.717, 1.165) is 5.69 Å². The lowest BCUT2D eigenvalue weighted by Gasteiger charge is -2.09. The van der Waals surface area contributed by atoms with Crippen LogP contribution < -0.4 is 11.1 Å². The number of aryl methyl sites for hydroxylation is 2. The van der Waals surface area contributed by atoms with E-state index in [1.54, 1.807) is 12.3 Å². The first-order chi connectivity index (χ1) is 8.06. The number of nitrogen functional groups attached to an aromatic ring is 1. The molecule has 0 aliphatic heterocycles. The Balaban J connectivity index is 2.28. The number of hydrogen-bond acceptors (Lipinski definition) is 3. The molecule has 1 heterocycles. The van der Waals surface area contributed by atoms with Crippen LogP contribution in [0.25, 0.3) is 0 Å². The van der Waals surface area contributed by atoms with Gasteiger partial charge in [-0.1, -0.05) is 17.7 Å². The molecule has 17 heavy (non-hydrogen) atoms. The summed E-state index contributed by atoms with van der Waals surface area (Å²) in [6.07, 6.45) is 1.58. The molecule has 0 aliphatic rings. The molecule has 4 heteroatoms. The molecule has 0 atom stereocenters. The summed E-state index contributed by atoms with van der Waals surface area (Å²) >= 11 is 6.05. The molecule has 0 saturated heterocycles. The van der Waals surface area contributed by atoms with Gasteiger partial charge in [0.25, 0.3) is 0 Å². The molecule has 2 aromatic rings. The summed E-state index contributed by atoms with van der Waals surface area (Å²) in [5.41, 5.74) is 9.59. The van der Waals surface area contributed by atoms with Crippen LogP contribution in [0.4, 0.5) is 17.2 Å². The van der Waals surface area contributed by atoms with E-state index in [0.29, 0.717) is 16.5 Å². The van der Waals surface area contributed by atoms with Gasteiger partial charge in [-0.3, -0.25) is 0 Å². The van der Waals surface area contributed by atoms with Crippen molar-refractivity contribution < 1.29 is 0 Å². The molecule has 1 aromatic carbocycles. The summed E-state index contributed by atoms with van der Waals surface area (Å²) in [4.78, 5) is 4.16. The van der Waals surface area contributed by atoms with Gasteiger partial charge in [0.1, 0.15) is 5.82 Å². The maximum absolute atomic E-state index is 6.05. The molecule has 1 aromatic heterocycles. The Bertz CT molecular complexity index is 552. The monoisotopic (exact) mass is 247 g/mol. The minimum atomic E-state index is 0.517. The lowest BCUT2D eigenvalue weighted by molar-refractivity contribution is 1.29. The fraction of sp³-hybridized carbons (Fsp3) is 0.154. The average Bonchev–Trinajstić information content (AvgIpc) is 2.27. The van der Waals surface area contributed by atoms with E-state index in [9.17, 15) is 0 Å². The maximum atomic E-state index is 6.05. The van der Waals surface area contributed by atoms with Crippen LogP contribution in [-0.2, 0) is 0 Å². The zero-order valence-electron chi connectivity index (χ0n) is 9.79. The van der Waals surface area contributed by atoms with Crippen molar-refractivity contribution in [2.45, 2.75) is 13.8 Å². The fourth-order valence-corrected chi connectivity index (χ4v) is 1.72.